The molecule has 0 unspecified atom stereocenters. The van der Waals surface area contributed by atoms with Gasteiger partial charge in [-0.25, -0.2) is 14.5 Å². The van der Waals surface area contributed by atoms with Crippen LogP contribution in [0, 0.1) is 11.3 Å². The average molecular weight is 485 g/mol. The molecule has 9 heteroatoms. The number of ether oxygens (including phenoxy) is 2. The summed E-state index contributed by atoms with van der Waals surface area (Å²) >= 11 is 0. The Labute approximate surface area is 209 Å². The molecule has 1 saturated carbocycles. The second-order valence-corrected chi connectivity index (χ2v) is 9.13. The maximum atomic E-state index is 12.0. The number of hydrogen-bond acceptors (Lipinski definition) is 6. The van der Waals surface area contributed by atoms with Crippen LogP contribution in [0.15, 0.2) is 55.1 Å². The molecule has 1 aliphatic rings. The summed E-state index contributed by atoms with van der Waals surface area (Å²) < 4.78 is 15.2. The zero-order valence-corrected chi connectivity index (χ0v) is 20.3. The first-order chi connectivity index (χ1) is 17.5. The van der Waals surface area contributed by atoms with Crippen LogP contribution in [0.2, 0.25) is 0 Å². The number of amides is 1. The third kappa shape index (κ3) is 4.75. The molecule has 36 heavy (non-hydrogen) atoms. The normalized spacial score (nSPS) is 13.4. The van der Waals surface area contributed by atoms with Crippen LogP contribution in [0.5, 0.6) is 5.75 Å². The van der Waals surface area contributed by atoms with Crippen LogP contribution in [-0.2, 0) is 11.3 Å². The number of rotatable bonds is 8. The third-order valence-corrected chi connectivity index (χ3v) is 6.33. The number of aromatic nitrogens is 4. The van der Waals surface area contributed by atoms with Gasteiger partial charge in [-0.05, 0) is 62.9 Å². The molecule has 0 spiro atoms. The van der Waals surface area contributed by atoms with Crippen molar-refractivity contribution in [1.82, 2.24) is 19.3 Å². The molecule has 9 nitrogen and oxygen atoms in total. The molecule has 2 heterocycles. The molecule has 0 bridgehead atoms. The lowest BCUT2D eigenvalue weighted by atomic mass is 9.92. The summed E-state index contributed by atoms with van der Waals surface area (Å²) in [7, 11) is 0. The highest BCUT2D eigenvalue weighted by Crippen LogP contribution is 2.43. The molecule has 4 aromatic rings. The van der Waals surface area contributed by atoms with Gasteiger partial charge in [-0.1, -0.05) is 12.1 Å². The van der Waals surface area contributed by atoms with E-state index in [1.807, 2.05) is 42.5 Å². The molecule has 1 fully saturated rings. The number of hydrogen-bond donors (Lipinski definition) is 1. The maximum absolute atomic E-state index is 12.0. The lowest BCUT2D eigenvalue weighted by Crippen LogP contribution is -2.18. The Morgan fingerprint density at radius 3 is 2.67 bits per heavy atom. The molecular weight excluding hydrogens is 456 g/mol. The van der Waals surface area contributed by atoms with Crippen molar-refractivity contribution in [2.45, 2.75) is 51.8 Å². The second kappa shape index (κ2) is 10.1. The topological polar surface area (TPSA) is 107 Å². The number of nitrogens with zero attached hydrogens (tertiary/aromatic N) is 5. The number of benzene rings is 2. The van der Waals surface area contributed by atoms with E-state index in [1.165, 1.54) is 12.7 Å². The van der Waals surface area contributed by atoms with Crippen molar-refractivity contribution in [3.05, 3.63) is 60.7 Å². The van der Waals surface area contributed by atoms with Crippen molar-refractivity contribution in [1.29, 1.82) is 5.26 Å². The van der Waals surface area contributed by atoms with Crippen LogP contribution >= 0.6 is 0 Å². The van der Waals surface area contributed by atoms with Crippen molar-refractivity contribution < 1.29 is 14.3 Å². The van der Waals surface area contributed by atoms with Gasteiger partial charge in [0.2, 0.25) is 0 Å². The van der Waals surface area contributed by atoms with Crippen LogP contribution in [0.25, 0.3) is 22.2 Å². The highest BCUT2D eigenvalue weighted by molar-refractivity contribution is 5.96. The first kappa shape index (κ1) is 23.4. The van der Waals surface area contributed by atoms with Crippen LogP contribution < -0.4 is 10.1 Å². The van der Waals surface area contributed by atoms with Crippen molar-refractivity contribution in [2.24, 2.45) is 0 Å². The first-order valence-corrected chi connectivity index (χ1v) is 12.1. The van der Waals surface area contributed by atoms with E-state index in [0.717, 1.165) is 40.8 Å². The number of anilines is 1. The van der Waals surface area contributed by atoms with Gasteiger partial charge in [-0.3, -0.25) is 5.32 Å². The highest BCUT2D eigenvalue weighted by atomic mass is 16.6. The number of carbonyl (C=O) groups is 1. The molecule has 0 saturated heterocycles. The Morgan fingerprint density at radius 2 is 2.03 bits per heavy atom. The van der Waals surface area contributed by atoms with Crippen LogP contribution in [0.4, 0.5) is 10.5 Å². The molecule has 0 aliphatic heterocycles. The predicted molar refractivity (Wildman–Crippen MR) is 136 cm³/mol. The van der Waals surface area contributed by atoms with Crippen molar-refractivity contribution in [3.8, 4) is 23.1 Å². The summed E-state index contributed by atoms with van der Waals surface area (Å²) in [4.78, 5) is 15.9. The fraction of sp³-hybridized carbons (Fsp3) is 0.333. The Hall–Kier alpha value is -4.32. The van der Waals surface area contributed by atoms with Gasteiger partial charge < -0.3 is 14.0 Å². The fourth-order valence-electron chi connectivity index (χ4n) is 4.48. The molecule has 1 N–H and O–H groups in total. The van der Waals surface area contributed by atoms with Gasteiger partial charge in [-0.2, -0.15) is 10.4 Å². The van der Waals surface area contributed by atoms with Gasteiger partial charge in [-0.15, -0.1) is 0 Å². The van der Waals surface area contributed by atoms with Crippen molar-refractivity contribution >= 4 is 22.7 Å². The van der Waals surface area contributed by atoms with Gasteiger partial charge in [0.25, 0.3) is 0 Å². The molecule has 2 aromatic carbocycles. The minimum Gasteiger partial charge on any atom is -0.492 e. The van der Waals surface area contributed by atoms with Gasteiger partial charge in [0.05, 0.1) is 29.4 Å². The van der Waals surface area contributed by atoms with Gasteiger partial charge >= 0.3 is 6.09 Å². The predicted octanol–water partition coefficient (Wildman–Crippen LogP) is 5.53. The van der Waals surface area contributed by atoms with Crippen LogP contribution in [0.3, 0.4) is 0 Å². The van der Waals surface area contributed by atoms with E-state index >= 15 is 0 Å². The van der Waals surface area contributed by atoms with Crippen molar-refractivity contribution in [2.75, 3.05) is 11.9 Å². The van der Waals surface area contributed by atoms with E-state index in [-0.39, 0.29) is 6.10 Å². The molecule has 1 amide bonds. The van der Waals surface area contributed by atoms with Crippen molar-refractivity contribution in [3.63, 3.8) is 0 Å². The largest absolute Gasteiger partial charge is 0.492 e. The fourth-order valence-corrected chi connectivity index (χ4v) is 4.48. The number of carbonyl (C=O) groups excluding carboxylic acids is 1. The van der Waals surface area contributed by atoms with Gasteiger partial charge in [0, 0.05) is 23.2 Å². The summed E-state index contributed by atoms with van der Waals surface area (Å²) in [6, 6.07) is 16.2. The lowest BCUT2D eigenvalue weighted by molar-refractivity contribution is 0.130. The number of nitriles is 1. The average Bonchev–Trinajstić information content (AvgIpc) is 3.44. The lowest BCUT2D eigenvalue weighted by Gasteiger charge is -2.30. The Balaban J connectivity index is 1.47. The maximum Gasteiger partial charge on any atom is 0.411 e. The molecule has 1 aliphatic carbocycles. The molecule has 0 radical (unpaired) electrons. The number of fused-ring (bicyclic) bond motifs is 1. The second-order valence-electron chi connectivity index (χ2n) is 9.13. The van der Waals surface area contributed by atoms with E-state index in [1.54, 1.807) is 24.9 Å². The SMILES string of the molecule is CC(C)OC(=O)Nc1ccc(-c2c(C#N)c3ccc(OCCn4cncn4)cc3n2C2CCC2)cc1. The minimum atomic E-state index is -0.490. The summed E-state index contributed by atoms with van der Waals surface area (Å²) in [5, 5.41) is 17.9. The highest BCUT2D eigenvalue weighted by Gasteiger charge is 2.28. The quantitative estimate of drug-likeness (QED) is 0.352. The third-order valence-electron chi connectivity index (χ3n) is 6.33. The molecular formula is C27H28N6O3. The molecule has 5 rings (SSSR count). The molecule has 2 aromatic heterocycles. The Morgan fingerprint density at radius 1 is 1.22 bits per heavy atom. The first-order valence-electron chi connectivity index (χ1n) is 12.1. The van der Waals surface area contributed by atoms with E-state index in [0.29, 0.717) is 30.4 Å². The summed E-state index contributed by atoms with van der Waals surface area (Å²) in [6.45, 7) is 4.67. The zero-order valence-electron chi connectivity index (χ0n) is 20.3. The van der Waals surface area contributed by atoms with Crippen LogP contribution in [0.1, 0.15) is 44.7 Å². The standard InChI is InChI=1S/C27H28N6O3/c1-18(2)36-27(34)31-20-8-6-19(7-9-20)26-24(15-28)23-11-10-22(35-13-12-32-17-29-16-30-32)14-25(23)33(26)21-4-3-5-21/h6-11,14,16-18,21H,3-5,12-13H2,1-2H3,(H,31,34). The zero-order chi connectivity index (χ0) is 25.1. The van der Waals surface area contributed by atoms with Gasteiger partial charge in [0.1, 0.15) is 31.1 Å². The Bertz CT molecular complexity index is 1400. The van der Waals surface area contributed by atoms with E-state index in [4.69, 9.17) is 9.47 Å². The summed E-state index contributed by atoms with van der Waals surface area (Å²) in [6.07, 6.45) is 5.78. The van der Waals surface area contributed by atoms with Gasteiger partial charge in [0.15, 0.2) is 0 Å². The van der Waals surface area contributed by atoms with E-state index in [2.05, 4.69) is 26.0 Å². The summed E-state index contributed by atoms with van der Waals surface area (Å²) in [5.41, 5.74) is 4.09. The summed E-state index contributed by atoms with van der Waals surface area (Å²) in [5.74, 6) is 0.750. The van der Waals surface area contributed by atoms with E-state index < -0.39 is 6.09 Å². The minimum absolute atomic E-state index is 0.197. The molecule has 0 atom stereocenters. The van der Waals surface area contributed by atoms with E-state index in [9.17, 15) is 10.1 Å². The smallest absolute Gasteiger partial charge is 0.411 e. The number of nitrogens with one attached hydrogen (secondary N) is 1. The molecule has 184 valence electrons. The Kier molecular flexibility index (Phi) is 6.58. The van der Waals surface area contributed by atoms with Crippen LogP contribution in [-0.4, -0.2) is 38.1 Å². The monoisotopic (exact) mass is 484 g/mol.